The minimum Gasteiger partial charge on any atom is -0.335 e. The lowest BCUT2D eigenvalue weighted by atomic mass is 10.0. The van der Waals surface area contributed by atoms with Crippen molar-refractivity contribution in [3.63, 3.8) is 0 Å². The number of alkyl halides is 2. The molecule has 21 heavy (non-hydrogen) atoms. The highest BCUT2D eigenvalue weighted by atomic mass is 19.3. The van der Waals surface area contributed by atoms with E-state index in [0.29, 0.717) is 0 Å². The zero-order valence-electron chi connectivity index (χ0n) is 11.6. The van der Waals surface area contributed by atoms with Crippen LogP contribution in [0.15, 0.2) is 42.5 Å². The van der Waals surface area contributed by atoms with Gasteiger partial charge < -0.3 is 10.6 Å². The molecule has 0 unspecified atom stereocenters. The van der Waals surface area contributed by atoms with Crippen LogP contribution in [-0.4, -0.2) is 36.9 Å². The summed E-state index contributed by atoms with van der Waals surface area (Å²) in [5.41, 5.74) is 6.23. The summed E-state index contributed by atoms with van der Waals surface area (Å²) in [7, 11) is 0. The Labute approximate surface area is 122 Å². The highest BCUT2D eigenvalue weighted by molar-refractivity contribution is 5.90. The minimum absolute atomic E-state index is 0.105. The first-order chi connectivity index (χ1) is 10.1. The van der Waals surface area contributed by atoms with Gasteiger partial charge in [0, 0.05) is 13.1 Å². The molecule has 0 aliphatic rings. The van der Waals surface area contributed by atoms with Crippen LogP contribution in [0.4, 0.5) is 8.78 Å². The topological polar surface area (TPSA) is 46.3 Å². The van der Waals surface area contributed by atoms with Gasteiger partial charge in [-0.05, 0) is 16.3 Å². The molecule has 0 fully saturated rings. The van der Waals surface area contributed by atoms with Crippen molar-refractivity contribution in [1.82, 2.24) is 4.90 Å². The van der Waals surface area contributed by atoms with Crippen LogP contribution in [0.5, 0.6) is 0 Å². The normalized spacial score (nSPS) is 11.0. The fourth-order valence-electron chi connectivity index (χ4n) is 2.36. The fraction of sp³-hybridized carbons (Fsp3) is 0.312. The predicted octanol–water partition coefficient (Wildman–Crippen LogP) is 2.43. The number of rotatable bonds is 6. The number of nitrogens with zero attached hydrogens (tertiary/aromatic N) is 1. The Morgan fingerprint density at radius 2 is 1.86 bits per heavy atom. The van der Waals surface area contributed by atoms with Crippen LogP contribution < -0.4 is 5.73 Å². The van der Waals surface area contributed by atoms with Crippen molar-refractivity contribution in [1.29, 1.82) is 0 Å². The summed E-state index contributed by atoms with van der Waals surface area (Å²) in [4.78, 5) is 13.4. The monoisotopic (exact) mass is 292 g/mol. The van der Waals surface area contributed by atoms with Crippen LogP contribution in [-0.2, 0) is 11.2 Å². The Balaban J connectivity index is 2.20. The van der Waals surface area contributed by atoms with Crippen LogP contribution in [0.25, 0.3) is 10.8 Å². The molecule has 0 radical (unpaired) electrons. The molecule has 0 saturated carbocycles. The number of carbonyl (C=O) groups excluding carboxylic acids is 1. The lowest BCUT2D eigenvalue weighted by molar-refractivity contribution is -0.132. The maximum atomic E-state index is 12.5. The lowest BCUT2D eigenvalue weighted by Crippen LogP contribution is -2.39. The van der Waals surface area contributed by atoms with Crippen molar-refractivity contribution in [3.8, 4) is 0 Å². The van der Waals surface area contributed by atoms with Gasteiger partial charge in [0.1, 0.15) is 0 Å². The van der Waals surface area contributed by atoms with E-state index in [1.165, 1.54) is 0 Å². The standard InChI is InChI=1S/C16H18F2N2O/c17-15(18)11-20(9-8-19)16(21)10-13-6-3-5-12-4-1-2-7-14(12)13/h1-7,15H,8-11,19H2. The molecule has 2 aromatic rings. The van der Waals surface area contributed by atoms with E-state index in [-0.39, 0.29) is 25.4 Å². The second-order valence-corrected chi connectivity index (χ2v) is 4.83. The number of halogens is 2. The molecule has 1 amide bonds. The number of fused-ring (bicyclic) bond motifs is 1. The van der Waals surface area contributed by atoms with Gasteiger partial charge >= 0.3 is 0 Å². The summed E-state index contributed by atoms with van der Waals surface area (Å²) in [6, 6.07) is 13.4. The molecule has 0 heterocycles. The van der Waals surface area contributed by atoms with E-state index in [0.717, 1.165) is 21.2 Å². The smallest absolute Gasteiger partial charge is 0.255 e. The van der Waals surface area contributed by atoms with Gasteiger partial charge in [-0.15, -0.1) is 0 Å². The largest absolute Gasteiger partial charge is 0.335 e. The van der Waals surface area contributed by atoms with E-state index >= 15 is 0 Å². The molecule has 0 spiro atoms. The molecule has 0 aliphatic carbocycles. The van der Waals surface area contributed by atoms with E-state index in [1.54, 1.807) is 0 Å². The number of hydrogen-bond acceptors (Lipinski definition) is 2. The number of hydrogen-bond donors (Lipinski definition) is 1. The molecule has 0 aliphatic heterocycles. The molecule has 112 valence electrons. The molecule has 0 saturated heterocycles. The number of nitrogens with two attached hydrogens (primary N) is 1. The maximum Gasteiger partial charge on any atom is 0.255 e. The van der Waals surface area contributed by atoms with Crippen LogP contribution >= 0.6 is 0 Å². The van der Waals surface area contributed by atoms with E-state index in [9.17, 15) is 13.6 Å². The molecular formula is C16H18F2N2O. The SMILES string of the molecule is NCCN(CC(F)F)C(=O)Cc1cccc2ccccc12. The first-order valence-electron chi connectivity index (χ1n) is 6.84. The van der Waals surface area contributed by atoms with Gasteiger partial charge in [-0.2, -0.15) is 0 Å². The summed E-state index contributed by atoms with van der Waals surface area (Å²) < 4.78 is 25.1. The average Bonchev–Trinajstić information content (AvgIpc) is 2.47. The first kappa shape index (κ1) is 15.4. The van der Waals surface area contributed by atoms with Crippen LogP contribution in [0.1, 0.15) is 5.56 Å². The Bertz CT molecular complexity index is 611. The molecule has 3 nitrogen and oxygen atoms in total. The molecule has 0 atom stereocenters. The van der Waals surface area contributed by atoms with Crippen molar-refractivity contribution in [2.24, 2.45) is 5.73 Å². The molecule has 2 N–H and O–H groups in total. The first-order valence-corrected chi connectivity index (χ1v) is 6.84. The predicted molar refractivity (Wildman–Crippen MR) is 79.3 cm³/mol. The second kappa shape index (κ2) is 7.13. The Hall–Kier alpha value is -2.01. The molecule has 5 heteroatoms. The third kappa shape index (κ3) is 3.98. The highest BCUT2D eigenvalue weighted by Gasteiger charge is 2.18. The van der Waals surface area contributed by atoms with E-state index < -0.39 is 13.0 Å². The van der Waals surface area contributed by atoms with Crippen LogP contribution in [0.2, 0.25) is 0 Å². The summed E-state index contributed by atoms with van der Waals surface area (Å²) in [6.07, 6.45) is -2.44. The zero-order valence-corrected chi connectivity index (χ0v) is 11.6. The van der Waals surface area contributed by atoms with Gasteiger partial charge in [0.2, 0.25) is 5.91 Å². The van der Waals surface area contributed by atoms with E-state index in [2.05, 4.69) is 0 Å². The van der Waals surface area contributed by atoms with Gasteiger partial charge in [-0.1, -0.05) is 42.5 Å². The fourth-order valence-corrected chi connectivity index (χ4v) is 2.36. The van der Waals surface area contributed by atoms with Crippen molar-refractivity contribution >= 4 is 16.7 Å². The van der Waals surface area contributed by atoms with Gasteiger partial charge in [-0.3, -0.25) is 4.79 Å². The number of carbonyl (C=O) groups is 1. The highest BCUT2D eigenvalue weighted by Crippen LogP contribution is 2.19. The number of benzene rings is 2. The Morgan fingerprint density at radius 1 is 1.14 bits per heavy atom. The van der Waals surface area contributed by atoms with E-state index in [1.807, 2.05) is 42.5 Å². The lowest BCUT2D eigenvalue weighted by Gasteiger charge is -2.22. The zero-order chi connectivity index (χ0) is 15.2. The van der Waals surface area contributed by atoms with Gasteiger partial charge in [-0.25, -0.2) is 8.78 Å². The molecule has 2 rings (SSSR count). The molecule has 0 aromatic heterocycles. The van der Waals surface area contributed by atoms with Gasteiger partial charge in [0.05, 0.1) is 13.0 Å². The van der Waals surface area contributed by atoms with Crippen molar-refractivity contribution in [2.45, 2.75) is 12.8 Å². The van der Waals surface area contributed by atoms with Crippen LogP contribution in [0.3, 0.4) is 0 Å². The maximum absolute atomic E-state index is 12.5. The van der Waals surface area contributed by atoms with Gasteiger partial charge in [0.25, 0.3) is 6.43 Å². The Kier molecular flexibility index (Phi) is 5.22. The molecule has 0 bridgehead atoms. The second-order valence-electron chi connectivity index (χ2n) is 4.83. The van der Waals surface area contributed by atoms with Crippen molar-refractivity contribution < 1.29 is 13.6 Å². The third-order valence-electron chi connectivity index (χ3n) is 3.33. The summed E-state index contributed by atoms with van der Waals surface area (Å²) >= 11 is 0. The van der Waals surface area contributed by atoms with Crippen molar-refractivity contribution in [2.75, 3.05) is 19.6 Å². The summed E-state index contributed by atoms with van der Waals surface area (Å²) in [6.45, 7) is -0.247. The molecular weight excluding hydrogens is 274 g/mol. The third-order valence-corrected chi connectivity index (χ3v) is 3.33. The quantitative estimate of drug-likeness (QED) is 0.889. The average molecular weight is 292 g/mol. The van der Waals surface area contributed by atoms with Crippen molar-refractivity contribution in [3.05, 3.63) is 48.0 Å². The van der Waals surface area contributed by atoms with E-state index in [4.69, 9.17) is 5.73 Å². The Morgan fingerprint density at radius 3 is 2.57 bits per heavy atom. The minimum atomic E-state index is -2.55. The summed E-state index contributed by atoms with van der Waals surface area (Å²) in [5.74, 6) is -0.322. The van der Waals surface area contributed by atoms with Crippen LogP contribution in [0, 0.1) is 0 Å². The summed E-state index contributed by atoms with van der Waals surface area (Å²) in [5, 5.41) is 2.00. The van der Waals surface area contributed by atoms with Gasteiger partial charge in [0.15, 0.2) is 0 Å². The number of amides is 1. The molecule has 2 aromatic carbocycles.